The molecule has 1 fully saturated rings. The van der Waals surface area contributed by atoms with Crippen LogP contribution in [0.15, 0.2) is 34.9 Å². The molecule has 3 unspecified atom stereocenters. The largest absolute Gasteiger partial charge is 0.497 e. The Balaban J connectivity index is 1.56. The molecule has 1 aromatic carbocycles. The van der Waals surface area contributed by atoms with E-state index in [1.165, 1.54) is 0 Å². The van der Waals surface area contributed by atoms with Crippen molar-refractivity contribution in [2.75, 3.05) is 20.2 Å². The summed E-state index contributed by atoms with van der Waals surface area (Å²) in [6.45, 7) is 5.93. The maximum absolute atomic E-state index is 10.2. The third kappa shape index (κ3) is 5.54. The summed E-state index contributed by atoms with van der Waals surface area (Å²) in [6.07, 6.45) is 1.73. The number of aliphatic hydroxyl groups excluding tert-OH is 1. The van der Waals surface area contributed by atoms with Crippen molar-refractivity contribution in [1.29, 1.82) is 0 Å². The smallest absolute Gasteiger partial charge is 0.167 e. The Kier molecular flexibility index (Phi) is 6.88. The molecule has 27 heavy (non-hydrogen) atoms. The number of methoxy groups -OCH3 is 1. The van der Waals surface area contributed by atoms with E-state index in [-0.39, 0.29) is 12.2 Å². The maximum atomic E-state index is 10.2. The Morgan fingerprint density at radius 3 is 2.74 bits per heavy atom. The Morgan fingerprint density at radius 2 is 2.04 bits per heavy atom. The fourth-order valence-corrected chi connectivity index (χ4v) is 3.33. The Bertz CT molecular complexity index is 698. The van der Waals surface area contributed by atoms with E-state index in [9.17, 15) is 5.11 Å². The van der Waals surface area contributed by atoms with Crippen LogP contribution in [0.4, 0.5) is 0 Å². The maximum Gasteiger partial charge on any atom is 0.167 e. The molecule has 1 saturated heterocycles. The fraction of sp³-hybridized carbons (Fsp3) is 0.571. The monoisotopic (exact) mass is 374 g/mol. The highest BCUT2D eigenvalue weighted by Gasteiger charge is 2.30. The van der Waals surface area contributed by atoms with Crippen LogP contribution in [0, 0.1) is 5.92 Å². The van der Waals surface area contributed by atoms with E-state index in [2.05, 4.69) is 24.3 Å². The molecule has 2 aromatic rings. The van der Waals surface area contributed by atoms with Crippen LogP contribution in [0.1, 0.15) is 32.4 Å². The molecule has 3 atom stereocenters. The van der Waals surface area contributed by atoms with Gasteiger partial charge in [-0.1, -0.05) is 19.0 Å². The second-order valence-corrected chi connectivity index (χ2v) is 7.61. The summed E-state index contributed by atoms with van der Waals surface area (Å²) in [7, 11) is 1.65. The quantitative estimate of drug-likeness (QED) is 0.740. The lowest BCUT2D eigenvalue weighted by atomic mass is 9.98. The standard InChI is InChI=1S/C21H30N2O4/c1-14(2)12-22-13-21-19(24)9-8-18(26-21)10-16-11-20(27-23-16)15-4-6-17(25-3)7-5-15/h4-7,11,14,18-19,21-22,24H,8-10,12-13H2,1-3H3. The number of ether oxygens (including phenoxy) is 2. The summed E-state index contributed by atoms with van der Waals surface area (Å²) < 4.78 is 16.8. The second kappa shape index (κ2) is 9.35. The number of nitrogens with zero attached hydrogens (tertiary/aromatic N) is 1. The number of aromatic nitrogens is 1. The fourth-order valence-electron chi connectivity index (χ4n) is 3.33. The van der Waals surface area contributed by atoms with Gasteiger partial charge in [-0.25, -0.2) is 0 Å². The highest BCUT2D eigenvalue weighted by Crippen LogP contribution is 2.26. The predicted molar refractivity (Wildman–Crippen MR) is 104 cm³/mol. The molecule has 0 aliphatic carbocycles. The molecule has 148 valence electrons. The van der Waals surface area contributed by atoms with Gasteiger partial charge in [-0.2, -0.15) is 0 Å². The number of benzene rings is 1. The molecule has 1 aromatic heterocycles. The average molecular weight is 374 g/mol. The molecule has 3 rings (SSSR count). The molecule has 2 N–H and O–H groups in total. The summed E-state index contributed by atoms with van der Waals surface area (Å²) in [6, 6.07) is 9.66. The van der Waals surface area contributed by atoms with Crippen LogP contribution in [0.25, 0.3) is 11.3 Å². The molecule has 0 bridgehead atoms. The zero-order valence-electron chi connectivity index (χ0n) is 16.4. The van der Waals surface area contributed by atoms with Gasteiger partial charge in [0.05, 0.1) is 31.1 Å². The molecule has 6 heteroatoms. The van der Waals surface area contributed by atoms with Crippen molar-refractivity contribution in [3.05, 3.63) is 36.0 Å². The molecular formula is C21H30N2O4. The highest BCUT2D eigenvalue weighted by atomic mass is 16.5. The van der Waals surface area contributed by atoms with Gasteiger partial charge >= 0.3 is 0 Å². The van der Waals surface area contributed by atoms with Crippen LogP contribution in [0.5, 0.6) is 5.75 Å². The number of nitrogens with one attached hydrogen (secondary N) is 1. The molecule has 2 heterocycles. The second-order valence-electron chi connectivity index (χ2n) is 7.61. The first-order chi connectivity index (χ1) is 13.0. The Labute approximate surface area is 160 Å². The average Bonchev–Trinajstić information content (AvgIpc) is 3.12. The van der Waals surface area contributed by atoms with Crippen LogP contribution in [0.2, 0.25) is 0 Å². The van der Waals surface area contributed by atoms with Gasteiger partial charge in [0.15, 0.2) is 5.76 Å². The highest BCUT2D eigenvalue weighted by molar-refractivity contribution is 5.58. The number of hydrogen-bond donors (Lipinski definition) is 2. The lowest BCUT2D eigenvalue weighted by Crippen LogP contribution is -2.46. The predicted octanol–water partition coefficient (Wildman–Crippen LogP) is 3.05. The first kappa shape index (κ1) is 19.9. The van der Waals surface area contributed by atoms with Crippen molar-refractivity contribution in [2.45, 2.75) is 51.4 Å². The van der Waals surface area contributed by atoms with Crippen molar-refractivity contribution in [2.24, 2.45) is 5.92 Å². The molecule has 0 amide bonds. The minimum Gasteiger partial charge on any atom is -0.497 e. The van der Waals surface area contributed by atoms with Crippen LogP contribution in [-0.4, -0.2) is 48.8 Å². The van der Waals surface area contributed by atoms with Gasteiger partial charge in [0, 0.05) is 24.6 Å². The van der Waals surface area contributed by atoms with E-state index in [1.807, 2.05) is 30.3 Å². The van der Waals surface area contributed by atoms with E-state index < -0.39 is 6.10 Å². The molecule has 1 aliphatic rings. The van der Waals surface area contributed by atoms with Crippen molar-refractivity contribution in [3.63, 3.8) is 0 Å². The topological polar surface area (TPSA) is 76.8 Å². The summed E-state index contributed by atoms with van der Waals surface area (Å²) >= 11 is 0. The van der Waals surface area contributed by atoms with E-state index in [0.29, 0.717) is 18.9 Å². The van der Waals surface area contributed by atoms with E-state index in [4.69, 9.17) is 14.0 Å². The first-order valence-electron chi connectivity index (χ1n) is 9.69. The summed E-state index contributed by atoms with van der Waals surface area (Å²) in [5.41, 5.74) is 1.83. The van der Waals surface area contributed by atoms with E-state index >= 15 is 0 Å². The van der Waals surface area contributed by atoms with Crippen LogP contribution in [-0.2, 0) is 11.2 Å². The van der Waals surface area contributed by atoms with Gasteiger partial charge in [0.2, 0.25) is 0 Å². The minimum atomic E-state index is -0.409. The number of rotatable bonds is 8. The first-order valence-corrected chi connectivity index (χ1v) is 9.69. The number of hydrogen-bond acceptors (Lipinski definition) is 6. The summed E-state index contributed by atoms with van der Waals surface area (Å²) in [5.74, 6) is 2.12. The van der Waals surface area contributed by atoms with Gasteiger partial charge in [-0.15, -0.1) is 0 Å². The lowest BCUT2D eigenvalue weighted by molar-refractivity contribution is -0.115. The van der Waals surface area contributed by atoms with Gasteiger partial charge in [0.1, 0.15) is 5.75 Å². The zero-order valence-corrected chi connectivity index (χ0v) is 16.4. The van der Waals surface area contributed by atoms with Crippen molar-refractivity contribution >= 4 is 0 Å². The third-order valence-corrected chi connectivity index (χ3v) is 4.85. The van der Waals surface area contributed by atoms with E-state index in [1.54, 1.807) is 7.11 Å². The Hall–Kier alpha value is -1.89. The number of aliphatic hydroxyl groups is 1. The van der Waals surface area contributed by atoms with Gasteiger partial charge in [-0.05, 0) is 49.6 Å². The molecule has 0 spiro atoms. The lowest BCUT2D eigenvalue weighted by Gasteiger charge is -2.34. The minimum absolute atomic E-state index is 0.0491. The van der Waals surface area contributed by atoms with Gasteiger partial charge < -0.3 is 24.4 Å². The van der Waals surface area contributed by atoms with Crippen molar-refractivity contribution in [3.8, 4) is 17.1 Å². The Morgan fingerprint density at radius 1 is 1.26 bits per heavy atom. The van der Waals surface area contributed by atoms with Crippen LogP contribution < -0.4 is 10.1 Å². The van der Waals surface area contributed by atoms with Gasteiger partial charge in [0.25, 0.3) is 0 Å². The van der Waals surface area contributed by atoms with Crippen LogP contribution >= 0.6 is 0 Å². The molecular weight excluding hydrogens is 344 g/mol. The zero-order chi connectivity index (χ0) is 19.2. The normalized spacial score (nSPS) is 22.9. The van der Waals surface area contributed by atoms with Gasteiger partial charge in [-0.3, -0.25) is 0 Å². The van der Waals surface area contributed by atoms with Crippen LogP contribution in [0.3, 0.4) is 0 Å². The molecule has 6 nitrogen and oxygen atoms in total. The van der Waals surface area contributed by atoms with Crippen molar-refractivity contribution < 1.29 is 19.1 Å². The molecule has 0 saturated carbocycles. The summed E-state index contributed by atoms with van der Waals surface area (Å²) in [4.78, 5) is 0. The summed E-state index contributed by atoms with van der Waals surface area (Å²) in [5, 5.41) is 17.8. The van der Waals surface area contributed by atoms with Crippen molar-refractivity contribution in [1.82, 2.24) is 10.5 Å². The molecule has 1 aliphatic heterocycles. The molecule has 0 radical (unpaired) electrons. The van der Waals surface area contributed by atoms with E-state index in [0.717, 1.165) is 42.2 Å². The SMILES string of the molecule is COc1ccc(-c2cc(CC3CCC(O)C(CNCC(C)C)O3)no2)cc1. The third-order valence-electron chi connectivity index (χ3n) is 4.85.